The quantitative estimate of drug-likeness (QED) is 0.789. The Labute approximate surface area is 125 Å². The van der Waals surface area contributed by atoms with Crippen LogP contribution in [-0.2, 0) is 17.7 Å². The van der Waals surface area contributed by atoms with Gasteiger partial charge in [-0.05, 0) is 31.1 Å². The van der Waals surface area contributed by atoms with Crippen LogP contribution in [0.5, 0.6) is 0 Å². The monoisotopic (exact) mass is 290 g/mol. The van der Waals surface area contributed by atoms with Gasteiger partial charge in [0.1, 0.15) is 11.4 Å². The first-order valence-corrected chi connectivity index (χ1v) is 7.44. The van der Waals surface area contributed by atoms with Gasteiger partial charge in [-0.3, -0.25) is 0 Å². The average molecular weight is 290 g/mol. The lowest BCUT2D eigenvalue weighted by Crippen LogP contribution is -2.45. The fourth-order valence-corrected chi connectivity index (χ4v) is 3.03. The molecule has 1 fully saturated rings. The van der Waals surface area contributed by atoms with E-state index in [0.29, 0.717) is 5.56 Å². The number of methoxy groups -OCH3 is 1. The van der Waals surface area contributed by atoms with E-state index in [-0.39, 0.29) is 5.97 Å². The van der Waals surface area contributed by atoms with E-state index in [1.54, 1.807) is 0 Å². The van der Waals surface area contributed by atoms with Gasteiger partial charge in [-0.1, -0.05) is 0 Å². The van der Waals surface area contributed by atoms with E-state index in [9.17, 15) is 4.79 Å². The lowest BCUT2D eigenvalue weighted by Gasteiger charge is -2.35. The third-order valence-corrected chi connectivity index (χ3v) is 4.32. The van der Waals surface area contributed by atoms with Gasteiger partial charge in [0.25, 0.3) is 0 Å². The molecule has 3 rings (SSSR count). The number of rotatable bonds is 2. The number of likely N-dealkylation sites (N-methyl/N-ethyl adjacent to an activating group) is 1. The molecule has 1 aromatic heterocycles. The van der Waals surface area contributed by atoms with Crippen molar-refractivity contribution in [3.63, 3.8) is 0 Å². The number of hydrogen-bond acceptors (Lipinski definition) is 6. The Morgan fingerprint density at radius 2 is 2.10 bits per heavy atom. The van der Waals surface area contributed by atoms with Crippen molar-refractivity contribution in [2.45, 2.75) is 13.0 Å². The number of anilines is 1. The third kappa shape index (κ3) is 2.73. The van der Waals surface area contributed by atoms with Crippen LogP contribution < -0.4 is 10.2 Å². The van der Waals surface area contributed by atoms with Crippen molar-refractivity contribution in [3.8, 4) is 0 Å². The Kier molecular flexibility index (Phi) is 4.07. The minimum Gasteiger partial charge on any atom is -0.465 e. The van der Waals surface area contributed by atoms with Crippen LogP contribution in [0.1, 0.15) is 21.5 Å². The lowest BCUT2D eigenvalue weighted by atomic mass is 9.97. The number of carbonyl (C=O) groups excluding carboxylic acids is 1. The first-order chi connectivity index (χ1) is 10.2. The number of nitrogens with one attached hydrogen (secondary N) is 1. The van der Waals surface area contributed by atoms with Crippen molar-refractivity contribution in [2.24, 2.45) is 0 Å². The number of fused-ring (bicyclic) bond motifs is 1. The Balaban J connectivity index is 2.01. The Morgan fingerprint density at radius 3 is 2.81 bits per heavy atom. The molecule has 1 aromatic rings. The van der Waals surface area contributed by atoms with Crippen molar-refractivity contribution in [1.82, 2.24) is 15.2 Å². The number of aromatic nitrogens is 1. The van der Waals surface area contributed by atoms with Crippen molar-refractivity contribution >= 4 is 11.8 Å². The summed E-state index contributed by atoms with van der Waals surface area (Å²) in [4.78, 5) is 21.4. The highest BCUT2D eigenvalue weighted by Gasteiger charge is 2.27. The van der Waals surface area contributed by atoms with Gasteiger partial charge >= 0.3 is 5.97 Å². The Hall–Kier alpha value is -1.66. The maximum absolute atomic E-state index is 12.3. The fraction of sp³-hybridized carbons (Fsp3) is 0.600. The molecule has 6 nitrogen and oxygen atoms in total. The van der Waals surface area contributed by atoms with E-state index in [1.165, 1.54) is 7.11 Å². The SMILES string of the molecule is COC(=O)c1c(N2CCN(C)CC2)ncc2c1CCNC2. The van der Waals surface area contributed by atoms with Crippen LogP contribution in [0.15, 0.2) is 6.20 Å². The standard InChI is InChI=1S/C15H22N4O2/c1-18-5-7-19(8-6-18)14-13(15(20)21-2)12-3-4-16-9-11(12)10-17-14/h10,16H,3-9H2,1-2H3. The zero-order chi connectivity index (χ0) is 14.8. The maximum Gasteiger partial charge on any atom is 0.341 e. The predicted octanol–water partition coefficient (Wildman–Crippen LogP) is 0.266. The van der Waals surface area contributed by atoms with Crippen molar-refractivity contribution in [2.75, 3.05) is 51.8 Å². The largest absolute Gasteiger partial charge is 0.465 e. The van der Waals surface area contributed by atoms with Crippen molar-refractivity contribution < 1.29 is 9.53 Å². The molecule has 2 aliphatic heterocycles. The van der Waals surface area contributed by atoms with E-state index in [2.05, 4.69) is 27.1 Å². The first-order valence-electron chi connectivity index (χ1n) is 7.44. The molecule has 114 valence electrons. The second-order valence-corrected chi connectivity index (χ2v) is 5.67. The number of nitrogens with zero attached hydrogens (tertiary/aromatic N) is 3. The summed E-state index contributed by atoms with van der Waals surface area (Å²) in [5.41, 5.74) is 2.88. The van der Waals surface area contributed by atoms with Gasteiger partial charge < -0.3 is 19.9 Å². The third-order valence-electron chi connectivity index (χ3n) is 4.32. The van der Waals surface area contributed by atoms with Crippen molar-refractivity contribution in [1.29, 1.82) is 0 Å². The minimum absolute atomic E-state index is 0.268. The molecule has 0 atom stereocenters. The highest BCUT2D eigenvalue weighted by molar-refractivity contribution is 5.97. The van der Waals surface area contributed by atoms with E-state index in [1.807, 2.05) is 6.20 Å². The molecule has 0 spiro atoms. The Bertz CT molecular complexity index is 539. The lowest BCUT2D eigenvalue weighted by molar-refractivity contribution is 0.0599. The predicted molar refractivity (Wildman–Crippen MR) is 80.7 cm³/mol. The molecule has 0 saturated carbocycles. The van der Waals surface area contributed by atoms with Gasteiger partial charge in [-0.25, -0.2) is 9.78 Å². The summed E-state index contributed by atoms with van der Waals surface area (Å²) in [6.07, 6.45) is 2.75. The molecule has 3 heterocycles. The number of piperazine rings is 1. The van der Waals surface area contributed by atoms with Crippen LogP contribution in [-0.4, -0.2) is 62.7 Å². The van der Waals surface area contributed by atoms with Crippen LogP contribution in [0.3, 0.4) is 0 Å². The molecule has 6 heteroatoms. The van der Waals surface area contributed by atoms with Gasteiger partial charge in [-0.2, -0.15) is 0 Å². The number of ether oxygens (including phenoxy) is 1. The topological polar surface area (TPSA) is 57.7 Å². The van der Waals surface area contributed by atoms with E-state index in [0.717, 1.165) is 62.6 Å². The first kappa shape index (κ1) is 14.3. The van der Waals surface area contributed by atoms with Crippen LogP contribution >= 0.6 is 0 Å². The van der Waals surface area contributed by atoms with Crippen LogP contribution in [0.2, 0.25) is 0 Å². The summed E-state index contributed by atoms with van der Waals surface area (Å²) in [7, 11) is 3.56. The summed E-state index contributed by atoms with van der Waals surface area (Å²) in [6, 6.07) is 0. The Morgan fingerprint density at radius 1 is 1.33 bits per heavy atom. The fourth-order valence-electron chi connectivity index (χ4n) is 3.03. The molecule has 0 amide bonds. The highest BCUT2D eigenvalue weighted by Crippen LogP contribution is 2.28. The van der Waals surface area contributed by atoms with E-state index < -0.39 is 0 Å². The zero-order valence-corrected chi connectivity index (χ0v) is 12.7. The summed E-state index contributed by atoms with van der Waals surface area (Å²) < 4.78 is 5.02. The number of hydrogen-bond donors (Lipinski definition) is 1. The molecular formula is C15H22N4O2. The van der Waals surface area contributed by atoms with Crippen LogP contribution in [0.25, 0.3) is 0 Å². The summed E-state index contributed by atoms with van der Waals surface area (Å²) in [6.45, 7) is 5.43. The van der Waals surface area contributed by atoms with Gasteiger partial charge in [0, 0.05) is 38.9 Å². The number of carbonyl (C=O) groups is 1. The van der Waals surface area contributed by atoms with Gasteiger partial charge in [0.2, 0.25) is 0 Å². The molecule has 0 bridgehead atoms. The average Bonchev–Trinajstić information content (AvgIpc) is 2.54. The van der Waals surface area contributed by atoms with Gasteiger partial charge in [0.15, 0.2) is 0 Å². The normalized spacial score (nSPS) is 19.2. The van der Waals surface area contributed by atoms with Crippen LogP contribution in [0.4, 0.5) is 5.82 Å². The van der Waals surface area contributed by atoms with Crippen LogP contribution in [0, 0.1) is 0 Å². The molecule has 1 saturated heterocycles. The smallest absolute Gasteiger partial charge is 0.341 e. The molecule has 0 unspecified atom stereocenters. The molecule has 0 aliphatic carbocycles. The van der Waals surface area contributed by atoms with Gasteiger partial charge in [0.05, 0.1) is 7.11 Å². The number of pyridine rings is 1. The second kappa shape index (κ2) is 5.99. The van der Waals surface area contributed by atoms with Gasteiger partial charge in [-0.15, -0.1) is 0 Å². The molecule has 1 N–H and O–H groups in total. The molecule has 2 aliphatic rings. The second-order valence-electron chi connectivity index (χ2n) is 5.67. The molecule has 0 aromatic carbocycles. The molecular weight excluding hydrogens is 268 g/mol. The summed E-state index contributed by atoms with van der Waals surface area (Å²) in [5, 5.41) is 3.32. The summed E-state index contributed by atoms with van der Waals surface area (Å²) in [5.74, 6) is 0.519. The molecule has 0 radical (unpaired) electrons. The number of esters is 1. The van der Waals surface area contributed by atoms with E-state index >= 15 is 0 Å². The summed E-state index contributed by atoms with van der Waals surface area (Å²) >= 11 is 0. The van der Waals surface area contributed by atoms with E-state index in [4.69, 9.17) is 4.74 Å². The minimum atomic E-state index is -0.268. The van der Waals surface area contributed by atoms with Crippen molar-refractivity contribution in [3.05, 3.63) is 22.9 Å². The maximum atomic E-state index is 12.3. The highest BCUT2D eigenvalue weighted by atomic mass is 16.5. The zero-order valence-electron chi connectivity index (χ0n) is 12.7. The molecule has 21 heavy (non-hydrogen) atoms.